The van der Waals surface area contributed by atoms with Gasteiger partial charge in [-0.25, -0.2) is 0 Å². The van der Waals surface area contributed by atoms with E-state index >= 15 is 0 Å². The van der Waals surface area contributed by atoms with Gasteiger partial charge in [0.25, 0.3) is 0 Å². The molecule has 0 aromatic heterocycles. The zero-order chi connectivity index (χ0) is 30.4. The van der Waals surface area contributed by atoms with Gasteiger partial charge in [0.05, 0.1) is 11.5 Å². The predicted octanol–water partition coefficient (Wildman–Crippen LogP) is 10.4. The highest BCUT2D eigenvalue weighted by molar-refractivity contribution is 5.96. The van der Waals surface area contributed by atoms with Gasteiger partial charge >= 0.3 is 0 Å². The van der Waals surface area contributed by atoms with Crippen molar-refractivity contribution in [2.24, 2.45) is 0 Å². The van der Waals surface area contributed by atoms with Crippen molar-refractivity contribution >= 4 is 22.6 Å². The largest absolute Gasteiger partial charge is 0.345 e. The number of para-hydroxylation sites is 2. The van der Waals surface area contributed by atoms with Crippen molar-refractivity contribution < 1.29 is 0 Å². The summed E-state index contributed by atoms with van der Waals surface area (Å²) in [4.78, 5) is 4.91. The predicted molar refractivity (Wildman–Crippen MR) is 191 cm³/mol. The number of nitrogens with zero attached hydrogens (tertiary/aromatic N) is 2. The van der Waals surface area contributed by atoms with Crippen LogP contribution in [-0.2, 0) is 5.41 Å². The van der Waals surface area contributed by atoms with E-state index in [-0.39, 0.29) is 11.5 Å². The zero-order valence-corrected chi connectivity index (χ0v) is 25.7. The molecule has 1 unspecified atom stereocenters. The van der Waals surface area contributed by atoms with E-state index in [0.29, 0.717) is 0 Å². The summed E-state index contributed by atoms with van der Waals surface area (Å²) < 4.78 is 0. The van der Waals surface area contributed by atoms with E-state index in [2.05, 4.69) is 175 Å². The Morgan fingerprint density at radius 3 is 1.76 bits per heavy atom. The molecule has 1 aliphatic heterocycles. The Kier molecular flexibility index (Phi) is 5.28. The van der Waals surface area contributed by atoms with E-state index in [9.17, 15) is 0 Å². The molecule has 0 radical (unpaired) electrons. The van der Waals surface area contributed by atoms with Crippen LogP contribution >= 0.6 is 0 Å². The fraction of sp³-hybridized carbons (Fsp3) is 0.0909. The molecule has 218 valence electrons. The van der Waals surface area contributed by atoms with Gasteiger partial charge in [-0.05, 0) is 99.0 Å². The monoisotopic (exact) mass is 588 g/mol. The first-order valence-electron chi connectivity index (χ1n) is 16.3. The number of fused-ring (bicyclic) bond motifs is 14. The smallest absolute Gasteiger partial charge is 0.0726 e. The number of anilines is 3. The number of hydrogen-bond acceptors (Lipinski definition) is 2. The van der Waals surface area contributed by atoms with Gasteiger partial charge in [0.15, 0.2) is 0 Å². The van der Waals surface area contributed by atoms with E-state index in [1.54, 1.807) is 0 Å². The van der Waals surface area contributed by atoms with Crippen molar-refractivity contribution in [2.75, 3.05) is 16.8 Å². The summed E-state index contributed by atoms with van der Waals surface area (Å²) in [5.74, 6) is 0. The molecule has 10 rings (SSSR count). The summed E-state index contributed by atoms with van der Waals surface area (Å²) in [6.07, 6.45) is 5.84. The maximum Gasteiger partial charge on any atom is 0.0726 e. The molecule has 6 aromatic carbocycles. The minimum Gasteiger partial charge on any atom is -0.345 e. The minimum absolute atomic E-state index is 0.206. The maximum atomic E-state index is 2.59. The highest BCUT2D eigenvalue weighted by atomic mass is 15.2. The third-order valence-electron chi connectivity index (χ3n) is 10.7. The van der Waals surface area contributed by atoms with Crippen LogP contribution in [0.5, 0.6) is 0 Å². The Bertz CT molecular complexity index is 2210. The number of likely N-dealkylation sites (N-methyl/N-ethyl adjacent to an activating group) is 1. The number of rotatable bonds is 3. The lowest BCUT2D eigenvalue weighted by Crippen LogP contribution is -2.37. The molecule has 4 aliphatic rings. The van der Waals surface area contributed by atoms with Crippen LogP contribution in [0.25, 0.3) is 27.8 Å². The average molecular weight is 589 g/mol. The van der Waals surface area contributed by atoms with Gasteiger partial charge in [0.2, 0.25) is 0 Å². The first-order valence-corrected chi connectivity index (χ1v) is 16.3. The molecular weight excluding hydrogens is 556 g/mol. The van der Waals surface area contributed by atoms with Crippen molar-refractivity contribution in [3.05, 3.63) is 191 Å². The molecule has 1 heterocycles. The lowest BCUT2D eigenvalue weighted by molar-refractivity contribution is 0.758. The van der Waals surface area contributed by atoms with E-state index in [0.717, 1.165) is 6.42 Å². The van der Waals surface area contributed by atoms with E-state index in [1.165, 1.54) is 78.4 Å². The highest BCUT2D eigenvalue weighted by Crippen LogP contribution is 2.63. The Labute approximate surface area is 270 Å². The van der Waals surface area contributed by atoms with Gasteiger partial charge in [-0.3, -0.25) is 0 Å². The second kappa shape index (κ2) is 9.45. The molecule has 0 saturated carbocycles. The van der Waals surface area contributed by atoms with Gasteiger partial charge in [-0.1, -0.05) is 115 Å². The zero-order valence-electron chi connectivity index (χ0n) is 25.7. The average Bonchev–Trinajstić information content (AvgIpc) is 3.59. The molecule has 2 bridgehead atoms. The van der Waals surface area contributed by atoms with Crippen LogP contribution in [0.15, 0.2) is 163 Å². The summed E-state index contributed by atoms with van der Waals surface area (Å²) in [5.41, 5.74) is 18.2. The molecule has 1 spiro atoms. The lowest BCUT2D eigenvalue weighted by atomic mass is 9.70. The first-order chi connectivity index (χ1) is 22.7. The molecule has 2 nitrogen and oxygen atoms in total. The van der Waals surface area contributed by atoms with Gasteiger partial charge in [0, 0.05) is 35.4 Å². The second-order valence-corrected chi connectivity index (χ2v) is 12.9. The topological polar surface area (TPSA) is 6.48 Å². The van der Waals surface area contributed by atoms with Gasteiger partial charge in [0.1, 0.15) is 0 Å². The summed E-state index contributed by atoms with van der Waals surface area (Å²) in [6, 6.07) is 54.3. The molecule has 0 amide bonds. The van der Waals surface area contributed by atoms with Crippen LogP contribution in [0, 0.1) is 0 Å². The van der Waals surface area contributed by atoms with Gasteiger partial charge < -0.3 is 9.80 Å². The van der Waals surface area contributed by atoms with E-state index < -0.39 is 0 Å². The third kappa shape index (κ3) is 3.31. The highest BCUT2D eigenvalue weighted by Gasteiger charge is 2.51. The Morgan fingerprint density at radius 2 is 1.11 bits per heavy atom. The number of hydrogen-bond donors (Lipinski definition) is 0. The lowest BCUT2D eigenvalue weighted by Gasteiger charge is -2.42. The third-order valence-corrected chi connectivity index (χ3v) is 10.7. The van der Waals surface area contributed by atoms with Crippen LogP contribution in [0.3, 0.4) is 0 Å². The van der Waals surface area contributed by atoms with Crippen LogP contribution in [0.2, 0.25) is 0 Å². The molecule has 0 fully saturated rings. The van der Waals surface area contributed by atoms with Gasteiger partial charge in [-0.15, -0.1) is 0 Å². The van der Waals surface area contributed by atoms with Crippen molar-refractivity contribution in [2.45, 2.75) is 17.9 Å². The molecule has 46 heavy (non-hydrogen) atoms. The van der Waals surface area contributed by atoms with Crippen LogP contribution in [-0.4, -0.2) is 13.1 Å². The Hall–Kier alpha value is -5.60. The molecule has 1 atom stereocenters. The molecule has 2 heteroatoms. The molecule has 0 N–H and O–H groups in total. The summed E-state index contributed by atoms with van der Waals surface area (Å²) >= 11 is 0. The standard InChI is InChI=1S/C44H32N2/c1-45(30-13-3-2-4-14-30)32-25-29-26-33(27-32)46(43-22-12-8-15-34(29)43)31-23-24-38-37-18-7-11-21-41(37)44(42(38)28-31)39-19-9-5-16-35(39)36-17-6-10-20-40(36)44/h2-25,27-28,33H,26H2,1H3. The quantitative estimate of drug-likeness (QED) is 0.203. The van der Waals surface area contributed by atoms with E-state index in [1.807, 2.05) is 0 Å². The van der Waals surface area contributed by atoms with Crippen molar-refractivity contribution in [1.29, 1.82) is 0 Å². The van der Waals surface area contributed by atoms with Crippen LogP contribution in [0.1, 0.15) is 34.2 Å². The van der Waals surface area contributed by atoms with Crippen molar-refractivity contribution in [3.63, 3.8) is 0 Å². The SMILES string of the molecule is CN(C1=CC2CC(=C1)c1ccccc1N2c1ccc2c(c1)C1(c3ccccc3-c3ccccc31)c1ccccc1-2)c1ccccc1. The Balaban J connectivity index is 1.20. The fourth-order valence-corrected chi connectivity index (χ4v) is 8.83. The van der Waals surface area contributed by atoms with Crippen molar-refractivity contribution in [1.82, 2.24) is 0 Å². The molecule has 3 aliphatic carbocycles. The van der Waals surface area contributed by atoms with Crippen molar-refractivity contribution in [3.8, 4) is 22.3 Å². The fourth-order valence-electron chi connectivity index (χ4n) is 8.83. The molecule has 6 aromatic rings. The maximum absolute atomic E-state index is 2.59. The molecular formula is C44H32N2. The summed E-state index contributed by atoms with van der Waals surface area (Å²) in [6.45, 7) is 0. The second-order valence-electron chi connectivity index (χ2n) is 12.9. The van der Waals surface area contributed by atoms with E-state index in [4.69, 9.17) is 0 Å². The first kappa shape index (κ1) is 25.7. The minimum atomic E-state index is -0.351. The molecule has 0 saturated heterocycles. The van der Waals surface area contributed by atoms with Crippen LogP contribution in [0.4, 0.5) is 17.1 Å². The number of allylic oxidation sites excluding steroid dienone is 1. The van der Waals surface area contributed by atoms with Crippen LogP contribution < -0.4 is 9.80 Å². The Morgan fingerprint density at radius 1 is 0.565 bits per heavy atom. The van der Waals surface area contributed by atoms with Gasteiger partial charge in [-0.2, -0.15) is 0 Å². The summed E-state index contributed by atoms with van der Waals surface area (Å²) in [7, 11) is 2.18. The number of benzene rings is 6. The summed E-state index contributed by atoms with van der Waals surface area (Å²) in [5, 5.41) is 0. The normalized spacial score (nSPS) is 17.3.